The molecule has 2 aromatic carbocycles. The smallest absolute Gasteiger partial charge is 0.243 e. The molecule has 0 aliphatic heterocycles. The molecule has 0 aromatic heterocycles. The Kier molecular flexibility index (Phi) is 7.64. The average Bonchev–Trinajstić information content (AvgIpc) is 2.66. The molecule has 29 heavy (non-hydrogen) atoms. The maximum absolute atomic E-state index is 12.8. The van der Waals surface area contributed by atoms with Crippen LogP contribution in [0.1, 0.15) is 19.4 Å². The van der Waals surface area contributed by atoms with Crippen LogP contribution in [0.15, 0.2) is 47.4 Å². The van der Waals surface area contributed by atoms with Gasteiger partial charge in [-0.2, -0.15) is 4.31 Å². The molecule has 0 spiro atoms. The Hall–Kier alpha value is -2.58. The van der Waals surface area contributed by atoms with Crippen molar-refractivity contribution >= 4 is 33.0 Å². The Morgan fingerprint density at radius 3 is 2.31 bits per heavy atom. The second kappa shape index (κ2) is 9.76. The summed E-state index contributed by atoms with van der Waals surface area (Å²) in [4.78, 5) is 14.4. The number of benzene rings is 2. The fourth-order valence-electron chi connectivity index (χ4n) is 3.02. The van der Waals surface area contributed by atoms with E-state index < -0.39 is 10.0 Å². The molecule has 0 atom stereocenters. The van der Waals surface area contributed by atoms with Crippen molar-refractivity contribution < 1.29 is 13.2 Å². The van der Waals surface area contributed by atoms with Crippen LogP contribution in [-0.4, -0.2) is 52.4 Å². The lowest BCUT2D eigenvalue weighted by atomic mass is 10.2. The Balaban J connectivity index is 2.22. The van der Waals surface area contributed by atoms with E-state index in [1.54, 1.807) is 18.2 Å². The van der Waals surface area contributed by atoms with Gasteiger partial charge in [0.2, 0.25) is 15.9 Å². The molecule has 0 aliphatic carbocycles. The van der Waals surface area contributed by atoms with E-state index in [-0.39, 0.29) is 17.3 Å². The molecule has 2 N–H and O–H groups in total. The molecule has 7 nitrogen and oxygen atoms in total. The number of carbonyl (C=O) groups excluding carboxylic acids is 1. The number of nitrogens with one attached hydrogen (secondary N) is 2. The van der Waals surface area contributed by atoms with E-state index in [9.17, 15) is 13.2 Å². The van der Waals surface area contributed by atoms with Crippen LogP contribution in [0.3, 0.4) is 0 Å². The average molecular weight is 419 g/mol. The molecule has 0 saturated carbocycles. The second-order valence-electron chi connectivity index (χ2n) is 6.93. The normalized spacial score (nSPS) is 11.4. The molecular formula is C21H30N4O3S. The fourth-order valence-corrected chi connectivity index (χ4v) is 4.51. The van der Waals surface area contributed by atoms with Crippen molar-refractivity contribution in [2.75, 3.05) is 49.3 Å². The third-order valence-electron chi connectivity index (χ3n) is 4.53. The highest BCUT2D eigenvalue weighted by Crippen LogP contribution is 2.29. The Labute approximate surface area is 173 Å². The number of rotatable bonds is 9. The first-order valence-corrected chi connectivity index (χ1v) is 11.0. The summed E-state index contributed by atoms with van der Waals surface area (Å²) in [6, 6.07) is 12.5. The quantitative estimate of drug-likeness (QED) is 0.654. The maximum Gasteiger partial charge on any atom is 0.243 e. The van der Waals surface area contributed by atoms with Gasteiger partial charge in [0.15, 0.2) is 0 Å². The van der Waals surface area contributed by atoms with E-state index in [0.717, 1.165) is 16.9 Å². The van der Waals surface area contributed by atoms with Gasteiger partial charge >= 0.3 is 0 Å². The monoisotopic (exact) mass is 418 g/mol. The molecule has 0 bridgehead atoms. The number of hydrogen-bond donors (Lipinski definition) is 2. The van der Waals surface area contributed by atoms with Crippen molar-refractivity contribution in [1.82, 2.24) is 4.31 Å². The largest absolute Gasteiger partial charge is 0.376 e. The highest BCUT2D eigenvalue weighted by molar-refractivity contribution is 7.89. The maximum atomic E-state index is 12.8. The van der Waals surface area contributed by atoms with Crippen molar-refractivity contribution in [3.63, 3.8) is 0 Å². The van der Waals surface area contributed by atoms with Gasteiger partial charge in [-0.05, 0) is 42.8 Å². The molecule has 0 fully saturated rings. The highest BCUT2D eigenvalue weighted by Gasteiger charge is 2.23. The zero-order chi connectivity index (χ0) is 21.6. The van der Waals surface area contributed by atoms with E-state index >= 15 is 0 Å². The number of amides is 1. The van der Waals surface area contributed by atoms with Crippen LogP contribution in [-0.2, 0) is 14.8 Å². The van der Waals surface area contributed by atoms with Gasteiger partial charge in [-0.25, -0.2) is 8.42 Å². The van der Waals surface area contributed by atoms with Gasteiger partial charge in [-0.15, -0.1) is 0 Å². The molecule has 0 radical (unpaired) electrons. The van der Waals surface area contributed by atoms with Gasteiger partial charge in [0.25, 0.3) is 0 Å². The Bertz CT molecular complexity index is 954. The zero-order valence-corrected chi connectivity index (χ0v) is 18.5. The summed E-state index contributed by atoms with van der Waals surface area (Å²) >= 11 is 0. The molecule has 8 heteroatoms. The van der Waals surface area contributed by atoms with Crippen LogP contribution in [0.4, 0.5) is 17.1 Å². The van der Waals surface area contributed by atoms with Gasteiger partial charge < -0.3 is 15.5 Å². The lowest BCUT2D eigenvalue weighted by Gasteiger charge is -2.22. The third-order valence-corrected chi connectivity index (χ3v) is 6.58. The minimum atomic E-state index is -3.58. The van der Waals surface area contributed by atoms with Crippen LogP contribution in [0, 0.1) is 6.92 Å². The van der Waals surface area contributed by atoms with Gasteiger partial charge in [0.05, 0.1) is 22.8 Å². The molecule has 0 saturated heterocycles. The van der Waals surface area contributed by atoms with Crippen LogP contribution in [0.25, 0.3) is 0 Å². The first kappa shape index (κ1) is 22.7. The number of aryl methyl sites for hydroxylation is 1. The third kappa shape index (κ3) is 5.71. The highest BCUT2D eigenvalue weighted by atomic mass is 32.2. The van der Waals surface area contributed by atoms with Crippen LogP contribution < -0.4 is 15.5 Å². The van der Waals surface area contributed by atoms with E-state index in [0.29, 0.717) is 18.8 Å². The summed E-state index contributed by atoms with van der Waals surface area (Å²) in [7, 11) is 0.150. The van der Waals surface area contributed by atoms with E-state index in [1.807, 2.05) is 64.0 Å². The zero-order valence-electron chi connectivity index (χ0n) is 17.7. The number of nitrogens with zero attached hydrogens (tertiary/aromatic N) is 2. The van der Waals surface area contributed by atoms with Crippen LogP contribution >= 0.6 is 0 Å². The fraction of sp³-hybridized carbons (Fsp3) is 0.381. The summed E-state index contributed by atoms with van der Waals surface area (Å²) in [6.45, 7) is 6.39. The number of hydrogen-bond acceptors (Lipinski definition) is 5. The molecule has 1 amide bonds. The summed E-state index contributed by atoms with van der Waals surface area (Å²) in [5.74, 6) is -0.211. The lowest BCUT2D eigenvalue weighted by molar-refractivity contribution is -0.114. The minimum absolute atomic E-state index is 0.0174. The van der Waals surface area contributed by atoms with Gasteiger partial charge in [-0.1, -0.05) is 26.0 Å². The molecular weight excluding hydrogens is 388 g/mol. The van der Waals surface area contributed by atoms with Crippen molar-refractivity contribution in [2.45, 2.75) is 25.7 Å². The van der Waals surface area contributed by atoms with Crippen molar-refractivity contribution in [1.29, 1.82) is 0 Å². The summed E-state index contributed by atoms with van der Waals surface area (Å²) < 4.78 is 27.1. The van der Waals surface area contributed by atoms with Crippen molar-refractivity contribution in [3.05, 3.63) is 48.0 Å². The van der Waals surface area contributed by atoms with E-state index in [2.05, 4.69) is 10.6 Å². The summed E-state index contributed by atoms with van der Waals surface area (Å²) in [5, 5.41) is 5.92. The Morgan fingerprint density at radius 2 is 1.72 bits per heavy atom. The van der Waals surface area contributed by atoms with Gasteiger partial charge in [-0.3, -0.25) is 4.79 Å². The van der Waals surface area contributed by atoms with Crippen LogP contribution in [0.2, 0.25) is 0 Å². The summed E-state index contributed by atoms with van der Waals surface area (Å²) in [5.41, 5.74) is 3.16. The lowest BCUT2D eigenvalue weighted by Crippen LogP contribution is -2.30. The predicted molar refractivity (Wildman–Crippen MR) is 119 cm³/mol. The van der Waals surface area contributed by atoms with Crippen LogP contribution in [0.5, 0.6) is 0 Å². The number of carbonyl (C=O) groups is 1. The molecule has 158 valence electrons. The number of sulfonamides is 1. The molecule has 2 aromatic rings. The second-order valence-corrected chi connectivity index (χ2v) is 8.87. The molecule has 0 aliphatic rings. The Morgan fingerprint density at radius 1 is 1.03 bits per heavy atom. The molecule has 0 unspecified atom stereocenters. The predicted octanol–water partition coefficient (Wildman–Crippen LogP) is 3.14. The van der Waals surface area contributed by atoms with Crippen molar-refractivity contribution in [3.8, 4) is 0 Å². The molecule has 2 rings (SSSR count). The number of anilines is 3. The molecule has 0 heterocycles. The topological polar surface area (TPSA) is 81.8 Å². The first-order valence-electron chi connectivity index (χ1n) is 9.61. The van der Waals surface area contributed by atoms with Gasteiger partial charge in [0, 0.05) is 32.9 Å². The van der Waals surface area contributed by atoms with Crippen molar-refractivity contribution in [2.24, 2.45) is 0 Å². The minimum Gasteiger partial charge on any atom is -0.376 e. The van der Waals surface area contributed by atoms with E-state index in [1.165, 1.54) is 4.31 Å². The standard InChI is InChI=1S/C21H30N4O3S/c1-6-25(7-2)29(27,28)18-11-12-20(24(4)5)19(14-18)22-15-21(26)23-17-10-8-9-16(3)13-17/h8-14,22H,6-7,15H2,1-5H3,(H,23,26). The summed E-state index contributed by atoms with van der Waals surface area (Å²) in [6.07, 6.45) is 0. The van der Waals surface area contributed by atoms with E-state index in [4.69, 9.17) is 0 Å². The van der Waals surface area contributed by atoms with Gasteiger partial charge in [0.1, 0.15) is 0 Å². The first-order chi connectivity index (χ1) is 13.7. The SMILES string of the molecule is CCN(CC)S(=O)(=O)c1ccc(N(C)C)c(NCC(=O)Nc2cccc(C)c2)c1.